The van der Waals surface area contributed by atoms with Crippen LogP contribution in [0.2, 0.25) is 0 Å². The predicted molar refractivity (Wildman–Crippen MR) is 125 cm³/mol. The predicted octanol–water partition coefficient (Wildman–Crippen LogP) is 3.42. The van der Waals surface area contributed by atoms with Gasteiger partial charge < -0.3 is 15.1 Å². The maximum atomic E-state index is 13.5. The number of halogens is 1. The van der Waals surface area contributed by atoms with E-state index in [1.165, 1.54) is 24.3 Å². The van der Waals surface area contributed by atoms with Crippen LogP contribution >= 0.6 is 0 Å². The van der Waals surface area contributed by atoms with Crippen molar-refractivity contribution in [1.29, 1.82) is 0 Å². The van der Waals surface area contributed by atoms with Gasteiger partial charge in [-0.25, -0.2) is 4.39 Å². The van der Waals surface area contributed by atoms with Crippen LogP contribution in [-0.4, -0.2) is 59.2 Å². The molecule has 1 heterocycles. The van der Waals surface area contributed by atoms with Crippen LogP contribution < -0.4 is 5.32 Å². The van der Waals surface area contributed by atoms with Crippen molar-refractivity contribution in [3.8, 4) is 0 Å². The maximum Gasteiger partial charge on any atom is 0.251 e. The summed E-state index contributed by atoms with van der Waals surface area (Å²) in [7, 11) is 0. The van der Waals surface area contributed by atoms with Crippen LogP contribution in [-0.2, 0) is 16.0 Å². The van der Waals surface area contributed by atoms with Crippen LogP contribution in [0.3, 0.4) is 0 Å². The third kappa shape index (κ3) is 6.63. The van der Waals surface area contributed by atoms with Gasteiger partial charge in [-0.05, 0) is 43.2 Å². The second-order valence-corrected chi connectivity index (χ2v) is 8.55. The summed E-state index contributed by atoms with van der Waals surface area (Å²) >= 11 is 0. The van der Waals surface area contributed by atoms with Gasteiger partial charge in [0.15, 0.2) is 0 Å². The molecule has 0 bridgehead atoms. The summed E-state index contributed by atoms with van der Waals surface area (Å²) < 4.78 is 13.2. The molecule has 2 aromatic rings. The highest BCUT2D eigenvalue weighted by Gasteiger charge is 2.33. The zero-order chi connectivity index (χ0) is 23.8. The van der Waals surface area contributed by atoms with E-state index in [1.54, 1.807) is 4.90 Å². The number of rotatable bonds is 8. The van der Waals surface area contributed by atoms with E-state index >= 15 is 0 Å². The Labute approximate surface area is 194 Å². The number of hydrogen-bond acceptors (Lipinski definition) is 3. The van der Waals surface area contributed by atoms with E-state index in [1.807, 2.05) is 42.2 Å². The standard InChI is InChI=1S/C26H32FN3O3/c1-3-4-10-24(31)30-16-15-29(18-19(30)2)26(33)23(17-20-8-6-5-7-9-20)28-25(32)21-11-13-22(27)14-12-21/h5-9,11-14,19,23H,3-4,10,15-18H2,1-2H3,(H,28,32). The van der Waals surface area contributed by atoms with Crippen LogP contribution in [0.15, 0.2) is 54.6 Å². The first kappa shape index (κ1) is 24.4. The zero-order valence-electron chi connectivity index (χ0n) is 19.3. The lowest BCUT2D eigenvalue weighted by atomic mass is 10.0. The quantitative estimate of drug-likeness (QED) is 0.666. The molecule has 6 nitrogen and oxygen atoms in total. The Hall–Kier alpha value is -3.22. The molecule has 1 N–H and O–H groups in total. The Balaban J connectivity index is 1.71. The number of amides is 3. The summed E-state index contributed by atoms with van der Waals surface area (Å²) in [5.41, 5.74) is 1.22. The van der Waals surface area contributed by atoms with Crippen LogP contribution in [0, 0.1) is 5.82 Å². The fraction of sp³-hybridized carbons (Fsp3) is 0.423. The normalized spacial score (nSPS) is 16.9. The summed E-state index contributed by atoms with van der Waals surface area (Å²) in [4.78, 5) is 42.3. The second-order valence-electron chi connectivity index (χ2n) is 8.55. The van der Waals surface area contributed by atoms with E-state index in [0.717, 1.165) is 18.4 Å². The van der Waals surface area contributed by atoms with E-state index in [-0.39, 0.29) is 17.9 Å². The van der Waals surface area contributed by atoms with Crippen LogP contribution in [0.5, 0.6) is 0 Å². The van der Waals surface area contributed by atoms with Gasteiger partial charge >= 0.3 is 0 Å². The molecule has 2 unspecified atom stereocenters. The van der Waals surface area contributed by atoms with Gasteiger partial charge in [-0.3, -0.25) is 14.4 Å². The minimum absolute atomic E-state index is 0.0859. The van der Waals surface area contributed by atoms with Gasteiger partial charge in [0.2, 0.25) is 11.8 Å². The highest BCUT2D eigenvalue weighted by Crippen LogP contribution is 2.15. The molecule has 3 amide bonds. The number of carbonyl (C=O) groups is 3. The Morgan fingerprint density at radius 2 is 1.76 bits per heavy atom. The molecule has 3 rings (SSSR count). The first-order valence-corrected chi connectivity index (χ1v) is 11.6. The number of unbranched alkanes of at least 4 members (excludes halogenated alkanes) is 1. The number of hydrogen-bond donors (Lipinski definition) is 1. The SMILES string of the molecule is CCCCC(=O)N1CCN(C(=O)C(Cc2ccccc2)NC(=O)c2ccc(F)cc2)CC1C. The fourth-order valence-corrected chi connectivity index (χ4v) is 4.11. The lowest BCUT2D eigenvalue weighted by Gasteiger charge is -2.41. The fourth-order valence-electron chi connectivity index (χ4n) is 4.11. The molecule has 1 saturated heterocycles. The van der Waals surface area contributed by atoms with Gasteiger partial charge in [0.05, 0.1) is 0 Å². The first-order chi connectivity index (χ1) is 15.9. The van der Waals surface area contributed by atoms with Crippen molar-refractivity contribution in [3.05, 3.63) is 71.5 Å². The summed E-state index contributed by atoms with van der Waals surface area (Å²) in [6.45, 7) is 5.35. The van der Waals surface area contributed by atoms with Crippen molar-refractivity contribution in [2.24, 2.45) is 0 Å². The Bertz CT molecular complexity index is 949. The Kier molecular flexibility index (Phi) is 8.58. The minimum Gasteiger partial charge on any atom is -0.340 e. The van der Waals surface area contributed by atoms with Crippen LogP contribution in [0.25, 0.3) is 0 Å². The molecule has 1 aliphatic rings. The average molecular weight is 454 g/mol. The van der Waals surface area contributed by atoms with Gasteiger partial charge in [0, 0.05) is 44.1 Å². The largest absolute Gasteiger partial charge is 0.340 e. The topological polar surface area (TPSA) is 69.7 Å². The summed E-state index contributed by atoms with van der Waals surface area (Å²) in [6, 6.07) is 13.9. The monoisotopic (exact) mass is 453 g/mol. The third-order valence-electron chi connectivity index (χ3n) is 6.00. The van der Waals surface area contributed by atoms with Gasteiger partial charge in [0.25, 0.3) is 5.91 Å². The zero-order valence-corrected chi connectivity index (χ0v) is 19.3. The van der Waals surface area contributed by atoms with Crippen molar-refractivity contribution in [2.45, 2.75) is 51.6 Å². The number of benzene rings is 2. The number of nitrogens with one attached hydrogen (secondary N) is 1. The maximum absolute atomic E-state index is 13.5. The lowest BCUT2D eigenvalue weighted by Crippen LogP contribution is -2.59. The van der Waals surface area contributed by atoms with Gasteiger partial charge in [-0.2, -0.15) is 0 Å². The second kappa shape index (κ2) is 11.6. The van der Waals surface area contributed by atoms with Crippen molar-refractivity contribution < 1.29 is 18.8 Å². The van der Waals surface area contributed by atoms with E-state index in [9.17, 15) is 18.8 Å². The molecule has 0 aromatic heterocycles. The summed E-state index contributed by atoms with van der Waals surface area (Å²) in [5, 5.41) is 2.84. The molecule has 1 aliphatic heterocycles. The minimum atomic E-state index is -0.764. The number of piperazine rings is 1. The van der Waals surface area contributed by atoms with Crippen molar-refractivity contribution in [2.75, 3.05) is 19.6 Å². The van der Waals surface area contributed by atoms with E-state index in [2.05, 4.69) is 12.2 Å². The van der Waals surface area contributed by atoms with Crippen LogP contribution in [0.4, 0.5) is 4.39 Å². The summed E-state index contributed by atoms with van der Waals surface area (Å²) in [5.74, 6) is -0.904. The molecule has 33 heavy (non-hydrogen) atoms. The molecule has 7 heteroatoms. The molecule has 2 atom stereocenters. The molecular weight excluding hydrogens is 421 g/mol. The van der Waals surface area contributed by atoms with Gasteiger partial charge in [-0.1, -0.05) is 43.7 Å². The smallest absolute Gasteiger partial charge is 0.251 e. The lowest BCUT2D eigenvalue weighted by molar-refractivity contribution is -0.143. The molecule has 0 saturated carbocycles. The molecule has 2 aromatic carbocycles. The van der Waals surface area contributed by atoms with Crippen molar-refractivity contribution in [3.63, 3.8) is 0 Å². The van der Waals surface area contributed by atoms with Gasteiger partial charge in [-0.15, -0.1) is 0 Å². The molecule has 0 spiro atoms. The van der Waals surface area contributed by atoms with E-state index in [4.69, 9.17) is 0 Å². The molecule has 0 aliphatic carbocycles. The van der Waals surface area contributed by atoms with Crippen LogP contribution in [0.1, 0.15) is 49.0 Å². The molecule has 1 fully saturated rings. The molecule has 0 radical (unpaired) electrons. The highest BCUT2D eigenvalue weighted by molar-refractivity contribution is 5.97. The Morgan fingerprint density at radius 1 is 1.06 bits per heavy atom. The third-order valence-corrected chi connectivity index (χ3v) is 6.00. The summed E-state index contributed by atoms with van der Waals surface area (Å²) in [6.07, 6.45) is 2.70. The average Bonchev–Trinajstić information content (AvgIpc) is 2.82. The van der Waals surface area contributed by atoms with Crippen molar-refractivity contribution in [1.82, 2.24) is 15.1 Å². The van der Waals surface area contributed by atoms with Gasteiger partial charge in [0.1, 0.15) is 11.9 Å². The Morgan fingerprint density at radius 3 is 2.39 bits per heavy atom. The van der Waals surface area contributed by atoms with E-state index < -0.39 is 17.8 Å². The molecule has 176 valence electrons. The number of carbonyl (C=O) groups excluding carboxylic acids is 3. The van der Waals surface area contributed by atoms with Crippen molar-refractivity contribution >= 4 is 17.7 Å². The number of nitrogens with zero attached hydrogens (tertiary/aromatic N) is 2. The first-order valence-electron chi connectivity index (χ1n) is 11.6. The highest BCUT2D eigenvalue weighted by atomic mass is 19.1. The van der Waals surface area contributed by atoms with E-state index in [0.29, 0.717) is 38.0 Å². The molecular formula is C26H32FN3O3.